The maximum absolute atomic E-state index is 2.33. The molecule has 0 saturated carbocycles. The minimum absolute atomic E-state index is 1.16. The zero-order chi connectivity index (χ0) is 20.0. The van der Waals surface area contributed by atoms with Crippen molar-refractivity contribution in [3.63, 3.8) is 0 Å². The van der Waals surface area contributed by atoms with E-state index < -0.39 is 0 Å². The largest absolute Gasteiger partial charge is 0.344 e. The summed E-state index contributed by atoms with van der Waals surface area (Å²) >= 11 is 0. The number of hydrogen-bond donors (Lipinski definition) is 0. The van der Waals surface area contributed by atoms with E-state index in [0.717, 1.165) is 11.4 Å². The summed E-state index contributed by atoms with van der Waals surface area (Å²) in [5.74, 6) is 0. The number of aromatic nitrogens is 1. The average Bonchev–Trinajstić information content (AvgIpc) is 3.02. The van der Waals surface area contributed by atoms with Gasteiger partial charge < -0.3 is 9.47 Å². The topological polar surface area (TPSA) is 8.17 Å². The molecule has 0 aliphatic rings. The third kappa shape index (κ3) is 2.98. The second kappa shape index (κ2) is 6.82. The first-order valence-corrected chi connectivity index (χ1v) is 10.0. The van der Waals surface area contributed by atoms with E-state index in [0.29, 0.717) is 0 Å². The maximum Gasteiger partial charge on any atom is 0.0490 e. The molecule has 1 aromatic heterocycles. The Morgan fingerprint density at radius 1 is 0.552 bits per heavy atom. The van der Waals surface area contributed by atoms with Crippen LogP contribution in [0.4, 0.5) is 17.1 Å². The normalized spacial score (nSPS) is 11.3. The molecule has 0 N–H and O–H groups in total. The van der Waals surface area contributed by atoms with Gasteiger partial charge in [-0.15, -0.1) is 0 Å². The molecule has 1 heterocycles. The van der Waals surface area contributed by atoms with Crippen molar-refractivity contribution in [1.82, 2.24) is 4.57 Å². The Balaban J connectivity index is 1.76. The number of para-hydroxylation sites is 1. The first-order valence-electron chi connectivity index (χ1n) is 10.0. The van der Waals surface area contributed by atoms with Gasteiger partial charge in [0.05, 0.1) is 0 Å². The molecule has 0 radical (unpaired) electrons. The highest BCUT2D eigenvalue weighted by Crippen LogP contribution is 2.38. The SMILES string of the molecule is Cc1ccc(N(c2ccccc2)c2ccc3c(c2)c2cc(C)ccc2n3C)cc1. The predicted molar refractivity (Wildman–Crippen MR) is 125 cm³/mol. The van der Waals surface area contributed by atoms with Crippen LogP contribution in [0.15, 0.2) is 91.0 Å². The van der Waals surface area contributed by atoms with E-state index in [-0.39, 0.29) is 0 Å². The lowest BCUT2D eigenvalue weighted by molar-refractivity contribution is 1.01. The Morgan fingerprint density at radius 2 is 1.10 bits per heavy atom. The second-order valence-corrected chi connectivity index (χ2v) is 7.79. The summed E-state index contributed by atoms with van der Waals surface area (Å²) < 4.78 is 2.28. The van der Waals surface area contributed by atoms with Crippen LogP contribution >= 0.6 is 0 Å². The van der Waals surface area contributed by atoms with Crippen LogP contribution in [0.25, 0.3) is 21.8 Å². The molecule has 29 heavy (non-hydrogen) atoms. The molecule has 0 amide bonds. The molecule has 0 fully saturated rings. The third-order valence-corrected chi connectivity index (χ3v) is 5.71. The van der Waals surface area contributed by atoms with E-state index in [4.69, 9.17) is 0 Å². The van der Waals surface area contributed by atoms with Crippen molar-refractivity contribution in [2.75, 3.05) is 4.90 Å². The van der Waals surface area contributed by atoms with Gasteiger partial charge in [0, 0.05) is 45.9 Å². The quantitative estimate of drug-likeness (QED) is 0.318. The smallest absolute Gasteiger partial charge is 0.0490 e. The monoisotopic (exact) mass is 376 g/mol. The van der Waals surface area contributed by atoms with Gasteiger partial charge in [-0.2, -0.15) is 0 Å². The molecule has 0 unspecified atom stereocenters. The van der Waals surface area contributed by atoms with Gasteiger partial charge in [-0.05, 0) is 68.4 Å². The summed E-state index contributed by atoms with van der Waals surface area (Å²) in [4.78, 5) is 2.33. The molecular formula is C27H24N2. The second-order valence-electron chi connectivity index (χ2n) is 7.79. The number of fused-ring (bicyclic) bond motifs is 3. The van der Waals surface area contributed by atoms with Crippen molar-refractivity contribution in [3.05, 3.63) is 102 Å². The molecule has 2 nitrogen and oxygen atoms in total. The maximum atomic E-state index is 2.33. The summed E-state index contributed by atoms with van der Waals surface area (Å²) in [7, 11) is 2.15. The highest BCUT2D eigenvalue weighted by atomic mass is 15.1. The van der Waals surface area contributed by atoms with E-state index in [1.54, 1.807) is 0 Å². The number of aryl methyl sites for hydroxylation is 3. The number of benzene rings is 4. The zero-order valence-corrected chi connectivity index (χ0v) is 17.1. The van der Waals surface area contributed by atoms with Crippen molar-refractivity contribution in [2.24, 2.45) is 7.05 Å². The van der Waals surface area contributed by atoms with E-state index in [1.807, 2.05) is 0 Å². The molecule has 0 aliphatic carbocycles. The van der Waals surface area contributed by atoms with Crippen molar-refractivity contribution < 1.29 is 0 Å². The van der Waals surface area contributed by atoms with Gasteiger partial charge >= 0.3 is 0 Å². The van der Waals surface area contributed by atoms with E-state index >= 15 is 0 Å². The minimum Gasteiger partial charge on any atom is -0.344 e. The predicted octanol–water partition coefficient (Wildman–Crippen LogP) is 7.42. The Morgan fingerprint density at radius 3 is 1.83 bits per heavy atom. The average molecular weight is 377 g/mol. The Hall–Kier alpha value is -3.52. The molecule has 0 saturated heterocycles. The van der Waals surface area contributed by atoms with Gasteiger partial charge in [0.1, 0.15) is 0 Å². The van der Waals surface area contributed by atoms with Gasteiger partial charge in [-0.3, -0.25) is 0 Å². The summed E-state index contributed by atoms with van der Waals surface area (Å²) in [5, 5.41) is 2.60. The highest BCUT2D eigenvalue weighted by Gasteiger charge is 2.15. The number of hydrogen-bond acceptors (Lipinski definition) is 1. The molecule has 0 bridgehead atoms. The van der Waals surface area contributed by atoms with Crippen LogP contribution < -0.4 is 4.90 Å². The minimum atomic E-state index is 1.16. The summed E-state index contributed by atoms with van der Waals surface area (Å²) in [5.41, 5.74) is 8.57. The molecule has 0 aliphatic heterocycles. The Bertz CT molecular complexity index is 1310. The third-order valence-electron chi connectivity index (χ3n) is 5.71. The first kappa shape index (κ1) is 17.6. The fourth-order valence-corrected chi connectivity index (χ4v) is 4.18. The van der Waals surface area contributed by atoms with Crippen LogP contribution in [0.5, 0.6) is 0 Å². The lowest BCUT2D eigenvalue weighted by Crippen LogP contribution is -2.09. The van der Waals surface area contributed by atoms with Gasteiger partial charge in [-0.1, -0.05) is 47.5 Å². The lowest BCUT2D eigenvalue weighted by Gasteiger charge is -2.25. The van der Waals surface area contributed by atoms with Crippen LogP contribution in [-0.4, -0.2) is 4.57 Å². The van der Waals surface area contributed by atoms with Crippen molar-refractivity contribution in [1.29, 1.82) is 0 Å². The molecule has 142 valence electrons. The van der Waals surface area contributed by atoms with Crippen molar-refractivity contribution in [2.45, 2.75) is 13.8 Å². The molecule has 2 heteroatoms. The van der Waals surface area contributed by atoms with Gasteiger partial charge in [0.25, 0.3) is 0 Å². The number of anilines is 3. The van der Waals surface area contributed by atoms with E-state index in [1.165, 1.54) is 38.6 Å². The van der Waals surface area contributed by atoms with Crippen LogP contribution in [-0.2, 0) is 7.05 Å². The van der Waals surface area contributed by atoms with Crippen LogP contribution in [0.1, 0.15) is 11.1 Å². The Labute approximate surface area is 171 Å². The molecule has 0 spiro atoms. The number of nitrogens with zero attached hydrogens (tertiary/aromatic N) is 2. The molecule has 4 aromatic carbocycles. The molecule has 0 atom stereocenters. The highest BCUT2D eigenvalue weighted by molar-refractivity contribution is 6.09. The van der Waals surface area contributed by atoms with Crippen LogP contribution in [0, 0.1) is 13.8 Å². The van der Waals surface area contributed by atoms with Crippen molar-refractivity contribution >= 4 is 38.9 Å². The fourth-order valence-electron chi connectivity index (χ4n) is 4.18. The lowest BCUT2D eigenvalue weighted by atomic mass is 10.1. The van der Waals surface area contributed by atoms with E-state index in [9.17, 15) is 0 Å². The summed E-state index contributed by atoms with van der Waals surface area (Å²) in [6.07, 6.45) is 0. The van der Waals surface area contributed by atoms with Crippen LogP contribution in [0.3, 0.4) is 0 Å². The standard InChI is InChI=1S/C27H24N2/c1-19-9-12-22(13-10-19)29(21-7-5-4-6-8-21)23-14-16-27-25(18-23)24-17-20(2)11-15-26(24)28(27)3/h4-18H,1-3H3. The first-order chi connectivity index (χ1) is 14.1. The fraction of sp³-hybridized carbons (Fsp3) is 0.111. The van der Waals surface area contributed by atoms with Gasteiger partial charge in [0.15, 0.2) is 0 Å². The zero-order valence-electron chi connectivity index (χ0n) is 17.1. The summed E-state index contributed by atoms with van der Waals surface area (Å²) in [6, 6.07) is 32.8. The van der Waals surface area contributed by atoms with E-state index in [2.05, 4.69) is 121 Å². The molecule has 5 aromatic rings. The van der Waals surface area contributed by atoms with Crippen LogP contribution in [0.2, 0.25) is 0 Å². The number of rotatable bonds is 3. The summed E-state index contributed by atoms with van der Waals surface area (Å²) in [6.45, 7) is 4.28. The molecular weight excluding hydrogens is 352 g/mol. The van der Waals surface area contributed by atoms with Gasteiger partial charge in [0.2, 0.25) is 0 Å². The molecule has 5 rings (SSSR count). The Kier molecular flexibility index (Phi) is 4.13. The van der Waals surface area contributed by atoms with Gasteiger partial charge in [-0.25, -0.2) is 0 Å². The van der Waals surface area contributed by atoms with Crippen molar-refractivity contribution in [3.8, 4) is 0 Å².